The number of hydrogen-bond donors (Lipinski definition) is 3. The van der Waals surface area contributed by atoms with E-state index in [9.17, 15) is 0 Å². The van der Waals surface area contributed by atoms with Crippen LogP contribution in [0.5, 0.6) is 0 Å². The van der Waals surface area contributed by atoms with Crippen molar-refractivity contribution in [2.75, 3.05) is 0 Å². The average molecular weight is 196 g/mol. The van der Waals surface area contributed by atoms with Gasteiger partial charge in [0.25, 0.3) is 0 Å². The van der Waals surface area contributed by atoms with Gasteiger partial charge in [-0.3, -0.25) is 0 Å². The predicted octanol–water partition coefficient (Wildman–Crippen LogP) is -2.84. The molecule has 0 amide bonds. The van der Waals surface area contributed by atoms with Gasteiger partial charge in [-0.05, 0) is 9.47 Å². The first-order chi connectivity index (χ1) is 4.46. The van der Waals surface area contributed by atoms with Crippen LogP contribution in [0, 0.1) is 0 Å². The summed E-state index contributed by atoms with van der Waals surface area (Å²) in [4.78, 5) is 23.8. The number of hydrogen-bond acceptors (Lipinski definition) is 5. The van der Waals surface area contributed by atoms with E-state index in [-0.39, 0.29) is 23.1 Å². The molecule has 0 saturated heterocycles. The van der Waals surface area contributed by atoms with Crippen LogP contribution < -0.4 is 10.2 Å². The van der Waals surface area contributed by atoms with Gasteiger partial charge in [0.1, 0.15) is 0 Å². The van der Waals surface area contributed by atoms with Crippen molar-refractivity contribution in [3.63, 3.8) is 0 Å². The molecule has 1 atom stereocenters. The van der Waals surface area contributed by atoms with Crippen molar-refractivity contribution in [1.82, 2.24) is 0 Å². The van der Waals surface area contributed by atoms with E-state index in [1.807, 2.05) is 0 Å². The summed E-state index contributed by atoms with van der Waals surface area (Å²) in [6.45, 7) is 0. The first kappa shape index (κ1) is 22.4. The van der Waals surface area contributed by atoms with Crippen LogP contribution in [-0.2, 0) is 0 Å². The van der Waals surface area contributed by atoms with E-state index in [1.165, 1.54) is 9.47 Å². The average Bonchev–Trinajstić information content (AvgIpc) is 1.66. The molecule has 62 valence electrons. The Morgan fingerprint density at radius 3 is 1.00 bits per heavy atom. The molecular formula is C2H5MgO7P. The van der Waals surface area contributed by atoms with E-state index in [4.69, 9.17) is 34.9 Å². The van der Waals surface area contributed by atoms with Crippen molar-refractivity contribution in [2.24, 2.45) is 0 Å². The van der Waals surface area contributed by atoms with Crippen molar-refractivity contribution in [1.29, 1.82) is 0 Å². The molecule has 0 aliphatic rings. The van der Waals surface area contributed by atoms with Crippen molar-refractivity contribution in [3.05, 3.63) is 0 Å². The summed E-state index contributed by atoms with van der Waals surface area (Å²) in [6.07, 6.45) is -4.17. The molecule has 0 spiro atoms. The molecule has 0 rings (SSSR count). The van der Waals surface area contributed by atoms with Crippen LogP contribution in [0.4, 0.5) is 9.59 Å². The molecule has 0 fully saturated rings. The monoisotopic (exact) mass is 196 g/mol. The smallest absolute Gasteiger partial charge is 0.565 e. The third-order valence-electron chi connectivity index (χ3n) is 0. The van der Waals surface area contributed by atoms with E-state index in [1.54, 1.807) is 0 Å². The van der Waals surface area contributed by atoms with Crippen LogP contribution in [0.3, 0.4) is 0 Å². The first-order valence-corrected chi connectivity index (χ1v) is 2.04. The summed E-state index contributed by atoms with van der Waals surface area (Å²) < 4.78 is 0. The van der Waals surface area contributed by atoms with Crippen LogP contribution >= 0.6 is 9.47 Å². The van der Waals surface area contributed by atoms with E-state index in [2.05, 4.69) is 0 Å². The standard InChI is InChI=1S/2CH2O3.Mg.H3OP/c2*2-1(3)4;;1-2/h2*(H2,2,3,4);;1H,2H2/q;;+2;/p-2. The molecule has 1 unspecified atom stereocenters. The molecule has 0 bridgehead atoms. The second-order valence-electron chi connectivity index (χ2n) is 0.532. The van der Waals surface area contributed by atoms with Gasteiger partial charge in [-0.25, -0.2) is 0 Å². The van der Waals surface area contributed by atoms with E-state index < -0.39 is 12.3 Å². The Morgan fingerprint density at radius 1 is 1.00 bits per heavy atom. The minimum Gasteiger partial charge on any atom is -0.565 e. The maximum Gasteiger partial charge on any atom is 2.00 e. The van der Waals surface area contributed by atoms with Gasteiger partial charge in [0.05, 0.1) is 0 Å². The second-order valence-corrected chi connectivity index (χ2v) is 0.532. The molecule has 0 aliphatic heterocycles. The summed E-state index contributed by atoms with van der Waals surface area (Å²) in [7, 11) is 1.42. The zero-order valence-electron chi connectivity index (χ0n) is 5.26. The number of carbonyl (C=O) groups is 2. The first-order valence-electron chi connectivity index (χ1n) is 1.52. The van der Waals surface area contributed by atoms with E-state index in [0.29, 0.717) is 0 Å². The van der Waals surface area contributed by atoms with Gasteiger partial charge in [-0.1, -0.05) is 0 Å². The largest absolute Gasteiger partial charge is 2.00 e. The Bertz CT molecular complexity index is 74.4. The molecular weight excluding hydrogens is 191 g/mol. The number of carboxylic acid groups (broad SMARTS) is 4. The van der Waals surface area contributed by atoms with Gasteiger partial charge in [0.15, 0.2) is 0 Å². The zero-order valence-corrected chi connectivity index (χ0v) is 7.83. The van der Waals surface area contributed by atoms with Crippen LogP contribution in [0.25, 0.3) is 0 Å². The van der Waals surface area contributed by atoms with Crippen LogP contribution in [0.2, 0.25) is 0 Å². The molecule has 0 radical (unpaired) electrons. The van der Waals surface area contributed by atoms with Crippen LogP contribution in [-0.4, -0.2) is 50.5 Å². The molecule has 7 nitrogen and oxygen atoms in total. The summed E-state index contributed by atoms with van der Waals surface area (Å²) in [6, 6.07) is 0. The fourth-order valence-electron chi connectivity index (χ4n) is 0. The zero-order chi connectivity index (χ0) is 9.15. The third-order valence-corrected chi connectivity index (χ3v) is 0. The number of rotatable bonds is 0. The summed E-state index contributed by atoms with van der Waals surface area (Å²) in [5, 5.41) is 30.6. The molecule has 0 saturated carbocycles. The molecule has 11 heavy (non-hydrogen) atoms. The third kappa shape index (κ3) is 6220. The van der Waals surface area contributed by atoms with Crippen molar-refractivity contribution < 1.29 is 34.9 Å². The van der Waals surface area contributed by atoms with Gasteiger partial charge in [0, 0.05) is 0 Å². The van der Waals surface area contributed by atoms with Gasteiger partial charge in [0.2, 0.25) is 12.3 Å². The summed E-state index contributed by atoms with van der Waals surface area (Å²) in [5.41, 5.74) is 0. The summed E-state index contributed by atoms with van der Waals surface area (Å²) in [5.74, 6) is 0. The summed E-state index contributed by atoms with van der Waals surface area (Å²) >= 11 is 0. The van der Waals surface area contributed by atoms with Crippen molar-refractivity contribution in [2.45, 2.75) is 0 Å². The fraction of sp³-hybridized carbons (Fsp3) is 0. The maximum absolute atomic E-state index is 8.44. The van der Waals surface area contributed by atoms with Crippen molar-refractivity contribution in [3.8, 4) is 0 Å². The molecule has 3 N–H and O–H groups in total. The van der Waals surface area contributed by atoms with Gasteiger partial charge in [-0.15, -0.1) is 0 Å². The topological polar surface area (TPSA) is 141 Å². The Kier molecular flexibility index (Phi) is 46.1. The van der Waals surface area contributed by atoms with Crippen LogP contribution in [0.15, 0.2) is 0 Å². The second kappa shape index (κ2) is 22.6. The maximum atomic E-state index is 8.44. The quantitative estimate of drug-likeness (QED) is 0.280. The normalized spacial score (nSPS) is 4.91. The fourth-order valence-corrected chi connectivity index (χ4v) is 0. The van der Waals surface area contributed by atoms with Gasteiger partial charge < -0.3 is 34.9 Å². The molecule has 0 heterocycles. The van der Waals surface area contributed by atoms with Gasteiger partial charge >= 0.3 is 23.1 Å². The Hall–Kier alpha value is -0.304. The van der Waals surface area contributed by atoms with Crippen LogP contribution in [0.1, 0.15) is 0 Å². The Morgan fingerprint density at radius 2 is 1.00 bits per heavy atom. The Balaban J connectivity index is -0.0000000339. The molecule has 0 aromatic carbocycles. The minimum atomic E-state index is -2.08. The molecule has 0 aromatic rings. The van der Waals surface area contributed by atoms with Crippen molar-refractivity contribution >= 4 is 44.8 Å². The Labute approximate surface area is 80.1 Å². The van der Waals surface area contributed by atoms with E-state index in [0.717, 1.165) is 0 Å². The van der Waals surface area contributed by atoms with Gasteiger partial charge in [-0.2, -0.15) is 0 Å². The minimum absolute atomic E-state index is 0. The molecule has 0 aliphatic carbocycles. The predicted molar refractivity (Wildman–Crippen MR) is 33.7 cm³/mol. The SMILES string of the molecule is O=C([O-])O.O=C([O-])O.OP.[Mg+2]. The molecule has 9 heteroatoms. The van der Waals surface area contributed by atoms with E-state index >= 15 is 0 Å². The molecule has 0 aromatic heterocycles.